The average molecular weight is 587 g/mol. The summed E-state index contributed by atoms with van der Waals surface area (Å²) in [4.78, 5) is 16.2. The fourth-order valence-electron chi connectivity index (χ4n) is 4.73. The molecule has 3 N–H and O–H groups in total. The number of imidazole rings is 1. The zero-order valence-corrected chi connectivity index (χ0v) is 22.3. The Balaban J connectivity index is 1.61. The number of hydrogen-bond donors (Lipinski definition) is 3. The summed E-state index contributed by atoms with van der Waals surface area (Å²) in [5.41, 5.74) is 1.48. The van der Waals surface area contributed by atoms with E-state index < -0.39 is 32.8 Å². The molecule has 8 nitrogen and oxygen atoms in total. The van der Waals surface area contributed by atoms with Crippen LogP contribution in [0.25, 0.3) is 0 Å². The van der Waals surface area contributed by atoms with Crippen LogP contribution in [-0.2, 0) is 40.8 Å². The molecule has 1 heterocycles. The summed E-state index contributed by atoms with van der Waals surface area (Å²) in [6.07, 6.45) is 10.6. The first-order chi connectivity index (χ1) is 17.7. The summed E-state index contributed by atoms with van der Waals surface area (Å²) < 4.78 is 37.8. The number of nitrogens with one attached hydrogen (secondary N) is 1. The molecule has 10 heteroatoms. The van der Waals surface area contributed by atoms with Crippen LogP contribution in [0.5, 0.6) is 0 Å². The molecule has 37 heavy (non-hydrogen) atoms. The summed E-state index contributed by atoms with van der Waals surface area (Å²) in [7, 11) is -4.43. The third-order valence-corrected chi connectivity index (χ3v) is 8.61. The molecule has 0 fully saturated rings. The maximum absolute atomic E-state index is 12.5. The molecule has 3 unspecified atom stereocenters. The van der Waals surface area contributed by atoms with Crippen LogP contribution in [0.4, 0.5) is 0 Å². The van der Waals surface area contributed by atoms with Gasteiger partial charge in [0, 0.05) is 29.2 Å². The van der Waals surface area contributed by atoms with Crippen LogP contribution < -0.4 is 5.32 Å². The van der Waals surface area contributed by atoms with Gasteiger partial charge in [-0.1, -0.05) is 88.8 Å². The van der Waals surface area contributed by atoms with Gasteiger partial charge in [-0.2, -0.15) is 8.42 Å². The summed E-state index contributed by atoms with van der Waals surface area (Å²) in [5, 5.41) is 11.7. The van der Waals surface area contributed by atoms with Gasteiger partial charge in [-0.3, -0.25) is 14.7 Å². The second kappa shape index (κ2) is 11.6. The van der Waals surface area contributed by atoms with E-state index in [1.54, 1.807) is 24.7 Å². The number of aromatic nitrogens is 2. The van der Waals surface area contributed by atoms with Gasteiger partial charge in [-0.25, -0.2) is 4.98 Å². The van der Waals surface area contributed by atoms with Gasteiger partial charge < -0.3 is 9.67 Å². The van der Waals surface area contributed by atoms with Gasteiger partial charge in [0.2, 0.25) is 0 Å². The first-order valence-electron chi connectivity index (χ1n) is 11.7. The van der Waals surface area contributed by atoms with E-state index in [0.717, 1.165) is 15.6 Å². The number of benzene rings is 2. The molecule has 4 rings (SSSR count). The minimum absolute atomic E-state index is 0.201. The summed E-state index contributed by atoms with van der Waals surface area (Å²) in [6, 6.07) is 16.1. The number of carboxylic acids is 1. The van der Waals surface area contributed by atoms with Gasteiger partial charge in [0.1, 0.15) is 11.3 Å². The van der Waals surface area contributed by atoms with Crippen LogP contribution in [-0.4, -0.2) is 44.9 Å². The second-order valence-corrected chi connectivity index (χ2v) is 11.5. The SMILES string of the molecule is O=C(O)C(Cc1ccccc1)NCc1cncn1CC1(Cc2ccccc2Br)C=CC=CC1S(=O)(=O)O. The van der Waals surface area contributed by atoms with Crippen molar-refractivity contribution < 1.29 is 22.9 Å². The predicted molar refractivity (Wildman–Crippen MR) is 145 cm³/mol. The van der Waals surface area contributed by atoms with Crippen molar-refractivity contribution in [3.05, 3.63) is 113 Å². The van der Waals surface area contributed by atoms with Crippen molar-refractivity contribution in [2.75, 3.05) is 0 Å². The highest BCUT2D eigenvalue weighted by Crippen LogP contribution is 2.39. The molecule has 0 aliphatic heterocycles. The monoisotopic (exact) mass is 585 g/mol. The Kier molecular flexibility index (Phi) is 8.43. The number of halogens is 1. The second-order valence-electron chi connectivity index (χ2n) is 9.16. The molecule has 0 bridgehead atoms. The molecule has 194 valence electrons. The van der Waals surface area contributed by atoms with Gasteiger partial charge in [0.25, 0.3) is 10.1 Å². The number of carbonyl (C=O) groups is 1. The van der Waals surface area contributed by atoms with E-state index in [9.17, 15) is 22.9 Å². The van der Waals surface area contributed by atoms with Gasteiger partial charge in [-0.05, 0) is 30.0 Å². The first kappa shape index (κ1) is 27.0. The Bertz CT molecular complexity index is 1400. The lowest BCUT2D eigenvalue weighted by atomic mass is 9.75. The van der Waals surface area contributed by atoms with Gasteiger partial charge in [-0.15, -0.1) is 0 Å². The molecule has 3 aromatic rings. The Morgan fingerprint density at radius 3 is 2.57 bits per heavy atom. The van der Waals surface area contributed by atoms with Gasteiger partial charge in [0.15, 0.2) is 0 Å². The van der Waals surface area contributed by atoms with Gasteiger partial charge in [0.05, 0.1) is 12.0 Å². The van der Waals surface area contributed by atoms with E-state index in [1.807, 2.05) is 65.2 Å². The zero-order valence-electron chi connectivity index (χ0n) is 19.9. The molecule has 3 atom stereocenters. The number of rotatable bonds is 11. The predicted octanol–water partition coefficient (Wildman–Crippen LogP) is 4.04. The van der Waals surface area contributed by atoms with Crippen molar-refractivity contribution in [1.82, 2.24) is 14.9 Å². The van der Waals surface area contributed by atoms with E-state index >= 15 is 0 Å². The molecule has 0 saturated heterocycles. The minimum Gasteiger partial charge on any atom is -0.480 e. The molecule has 1 aromatic heterocycles. The normalized spacial score (nSPS) is 20.1. The number of allylic oxidation sites excluding steroid dienone is 3. The molecule has 0 amide bonds. The Morgan fingerprint density at radius 1 is 1.14 bits per heavy atom. The van der Waals surface area contributed by atoms with E-state index in [4.69, 9.17) is 0 Å². The number of hydrogen-bond acceptors (Lipinski definition) is 5. The molecule has 1 aliphatic carbocycles. The Morgan fingerprint density at radius 2 is 1.86 bits per heavy atom. The van der Waals surface area contributed by atoms with Crippen molar-refractivity contribution >= 4 is 32.0 Å². The van der Waals surface area contributed by atoms with Gasteiger partial charge >= 0.3 is 5.97 Å². The smallest absolute Gasteiger partial charge is 0.321 e. The van der Waals surface area contributed by atoms with E-state index in [-0.39, 0.29) is 13.1 Å². The van der Waals surface area contributed by atoms with E-state index in [1.165, 1.54) is 6.08 Å². The van der Waals surface area contributed by atoms with Crippen molar-refractivity contribution in [2.24, 2.45) is 5.41 Å². The average Bonchev–Trinajstić information content (AvgIpc) is 3.29. The van der Waals surface area contributed by atoms with Crippen molar-refractivity contribution in [3.8, 4) is 0 Å². The lowest BCUT2D eigenvalue weighted by Gasteiger charge is -2.38. The van der Waals surface area contributed by atoms with Crippen LogP contribution in [0.2, 0.25) is 0 Å². The quantitative estimate of drug-likeness (QED) is 0.290. The highest BCUT2D eigenvalue weighted by atomic mass is 79.9. The number of carboxylic acid groups (broad SMARTS) is 1. The van der Waals surface area contributed by atoms with E-state index in [2.05, 4.69) is 26.2 Å². The first-order valence-corrected chi connectivity index (χ1v) is 14.0. The third kappa shape index (κ3) is 6.64. The minimum atomic E-state index is -4.43. The molecule has 0 spiro atoms. The van der Waals surface area contributed by atoms with Crippen LogP contribution in [0.1, 0.15) is 16.8 Å². The molecular weight excluding hydrogens is 558 g/mol. The summed E-state index contributed by atoms with van der Waals surface area (Å²) >= 11 is 3.55. The highest BCUT2D eigenvalue weighted by molar-refractivity contribution is 9.10. The lowest BCUT2D eigenvalue weighted by Crippen LogP contribution is -2.44. The molecule has 0 saturated carbocycles. The van der Waals surface area contributed by atoms with Crippen LogP contribution in [0.3, 0.4) is 0 Å². The maximum Gasteiger partial charge on any atom is 0.321 e. The molecule has 2 aromatic carbocycles. The zero-order chi connectivity index (χ0) is 26.5. The van der Waals surface area contributed by atoms with E-state index in [0.29, 0.717) is 18.5 Å². The topological polar surface area (TPSA) is 122 Å². The number of aliphatic carboxylic acids is 1. The van der Waals surface area contributed by atoms with Crippen LogP contribution in [0, 0.1) is 5.41 Å². The van der Waals surface area contributed by atoms with Crippen molar-refractivity contribution in [1.29, 1.82) is 0 Å². The third-order valence-electron chi connectivity index (χ3n) is 6.56. The Hall–Kier alpha value is -3.05. The largest absolute Gasteiger partial charge is 0.480 e. The maximum atomic E-state index is 12.5. The summed E-state index contributed by atoms with van der Waals surface area (Å²) in [5.74, 6) is -0.966. The fraction of sp³-hybridized carbons (Fsp3) is 0.259. The highest BCUT2D eigenvalue weighted by Gasteiger charge is 2.44. The van der Waals surface area contributed by atoms with Crippen molar-refractivity contribution in [2.45, 2.75) is 37.2 Å². The van der Waals surface area contributed by atoms with Crippen LogP contribution >= 0.6 is 15.9 Å². The fourth-order valence-corrected chi connectivity index (χ4v) is 6.27. The molecular formula is C27H28BrN3O5S. The Labute approximate surface area is 224 Å². The lowest BCUT2D eigenvalue weighted by molar-refractivity contribution is -0.139. The summed E-state index contributed by atoms with van der Waals surface area (Å²) in [6.45, 7) is 0.415. The number of nitrogens with zero attached hydrogens (tertiary/aromatic N) is 2. The molecule has 1 aliphatic rings. The molecule has 0 radical (unpaired) electrons. The standard InChI is InChI=1S/C27H28BrN3O5S/c28-23-11-5-4-10-21(23)15-27(13-7-6-12-25(27)37(34,35)36)18-31-19-29-16-22(31)17-30-24(26(32)33)14-20-8-2-1-3-9-20/h1-13,16,19,24-25,30H,14-15,17-18H2,(H,32,33)(H,34,35,36). The van der Waals surface area contributed by atoms with Crippen LogP contribution in [0.15, 0.2) is 95.9 Å². The van der Waals surface area contributed by atoms with Crippen molar-refractivity contribution in [3.63, 3.8) is 0 Å².